The zero-order valence-electron chi connectivity index (χ0n) is 10.2. The van der Waals surface area contributed by atoms with E-state index in [1.165, 1.54) is 0 Å². The zero-order chi connectivity index (χ0) is 13.0. The first-order valence-electron chi connectivity index (χ1n) is 5.84. The van der Waals surface area contributed by atoms with Crippen molar-refractivity contribution >= 4 is 23.4 Å². The van der Waals surface area contributed by atoms with E-state index in [9.17, 15) is 0 Å². The van der Waals surface area contributed by atoms with Gasteiger partial charge in [-0.1, -0.05) is 17.7 Å². The van der Waals surface area contributed by atoms with Gasteiger partial charge < -0.3 is 10.2 Å². The molecule has 2 rings (SSSR count). The van der Waals surface area contributed by atoms with E-state index < -0.39 is 0 Å². The van der Waals surface area contributed by atoms with Gasteiger partial charge in [0.15, 0.2) is 0 Å². The molecule has 96 valence electrons. The SMILES string of the molecule is CC(N)Cc1ccc(SCc2ccco2)cc1Cl. The number of hydrogen-bond donors (Lipinski definition) is 1. The molecule has 0 spiro atoms. The highest BCUT2D eigenvalue weighted by Gasteiger charge is 2.05. The smallest absolute Gasteiger partial charge is 0.113 e. The molecular formula is C14H16ClNOS. The molecule has 1 atom stereocenters. The molecule has 0 amide bonds. The fraction of sp³-hybridized carbons (Fsp3) is 0.286. The van der Waals surface area contributed by atoms with Crippen LogP contribution in [-0.4, -0.2) is 6.04 Å². The van der Waals surface area contributed by atoms with E-state index in [1.54, 1.807) is 18.0 Å². The summed E-state index contributed by atoms with van der Waals surface area (Å²) in [6.45, 7) is 1.98. The van der Waals surface area contributed by atoms with Crippen molar-refractivity contribution in [3.63, 3.8) is 0 Å². The number of rotatable bonds is 5. The Kier molecular flexibility index (Phi) is 4.75. The van der Waals surface area contributed by atoms with Crippen molar-refractivity contribution in [1.82, 2.24) is 0 Å². The van der Waals surface area contributed by atoms with Crippen molar-refractivity contribution in [2.45, 2.75) is 30.0 Å². The van der Waals surface area contributed by atoms with Crippen LogP contribution < -0.4 is 5.73 Å². The molecule has 4 heteroatoms. The van der Waals surface area contributed by atoms with Gasteiger partial charge in [-0.2, -0.15) is 0 Å². The number of thioether (sulfide) groups is 1. The summed E-state index contributed by atoms with van der Waals surface area (Å²) in [7, 11) is 0. The minimum absolute atomic E-state index is 0.129. The Morgan fingerprint density at radius 3 is 2.83 bits per heavy atom. The molecule has 0 aliphatic heterocycles. The van der Waals surface area contributed by atoms with Gasteiger partial charge in [0, 0.05) is 16.0 Å². The maximum absolute atomic E-state index is 6.24. The molecule has 1 heterocycles. The fourth-order valence-electron chi connectivity index (χ4n) is 1.68. The molecule has 1 unspecified atom stereocenters. The van der Waals surface area contributed by atoms with Crippen LogP contribution in [0.25, 0.3) is 0 Å². The Bertz CT molecular complexity index is 497. The van der Waals surface area contributed by atoms with Gasteiger partial charge in [-0.3, -0.25) is 0 Å². The molecule has 1 aromatic carbocycles. The lowest BCUT2D eigenvalue weighted by Crippen LogP contribution is -2.17. The standard InChI is InChI=1S/C14H16ClNOS/c1-10(16)7-11-4-5-13(8-14(11)15)18-9-12-3-2-6-17-12/h2-6,8,10H,7,9,16H2,1H3. The number of nitrogens with two attached hydrogens (primary N) is 1. The van der Waals surface area contributed by atoms with Gasteiger partial charge in [-0.05, 0) is 43.2 Å². The quantitative estimate of drug-likeness (QED) is 0.838. The van der Waals surface area contributed by atoms with Crippen LogP contribution in [0.2, 0.25) is 5.02 Å². The van der Waals surface area contributed by atoms with E-state index >= 15 is 0 Å². The average molecular weight is 282 g/mol. The first kappa shape index (κ1) is 13.5. The maximum atomic E-state index is 6.24. The van der Waals surface area contributed by atoms with E-state index in [0.29, 0.717) is 0 Å². The number of hydrogen-bond acceptors (Lipinski definition) is 3. The Morgan fingerprint density at radius 1 is 1.39 bits per heavy atom. The van der Waals surface area contributed by atoms with Crippen LogP contribution in [0.1, 0.15) is 18.2 Å². The monoisotopic (exact) mass is 281 g/mol. The topological polar surface area (TPSA) is 39.2 Å². The van der Waals surface area contributed by atoms with Gasteiger partial charge in [-0.15, -0.1) is 11.8 Å². The number of benzene rings is 1. The molecular weight excluding hydrogens is 266 g/mol. The van der Waals surface area contributed by atoms with Crippen molar-refractivity contribution in [3.05, 3.63) is 52.9 Å². The molecule has 0 aliphatic rings. The Balaban J connectivity index is 2.00. The summed E-state index contributed by atoms with van der Waals surface area (Å²) in [4.78, 5) is 1.14. The summed E-state index contributed by atoms with van der Waals surface area (Å²) in [6, 6.07) is 10.1. The summed E-state index contributed by atoms with van der Waals surface area (Å²) in [5, 5.41) is 0.789. The third-order valence-corrected chi connectivity index (χ3v) is 3.90. The van der Waals surface area contributed by atoms with E-state index in [1.807, 2.05) is 25.1 Å². The van der Waals surface area contributed by atoms with Crippen LogP contribution in [-0.2, 0) is 12.2 Å². The van der Waals surface area contributed by atoms with Crippen LogP contribution in [0.5, 0.6) is 0 Å². The molecule has 0 radical (unpaired) electrons. The van der Waals surface area contributed by atoms with Crippen LogP contribution in [0.15, 0.2) is 45.9 Å². The van der Waals surface area contributed by atoms with E-state index in [-0.39, 0.29) is 6.04 Å². The Hall–Kier alpha value is -0.900. The average Bonchev–Trinajstić information content (AvgIpc) is 2.82. The largest absolute Gasteiger partial charge is 0.468 e. The van der Waals surface area contributed by atoms with Crippen molar-refractivity contribution in [2.75, 3.05) is 0 Å². The van der Waals surface area contributed by atoms with Gasteiger partial charge in [0.1, 0.15) is 5.76 Å². The van der Waals surface area contributed by atoms with Gasteiger partial charge in [-0.25, -0.2) is 0 Å². The molecule has 0 bridgehead atoms. The molecule has 0 aliphatic carbocycles. The molecule has 0 fully saturated rings. The number of furan rings is 1. The lowest BCUT2D eigenvalue weighted by Gasteiger charge is -2.09. The van der Waals surface area contributed by atoms with E-state index in [4.69, 9.17) is 21.8 Å². The van der Waals surface area contributed by atoms with Crippen molar-refractivity contribution in [3.8, 4) is 0 Å². The second kappa shape index (κ2) is 6.32. The van der Waals surface area contributed by atoms with Gasteiger partial charge in [0.25, 0.3) is 0 Å². The summed E-state index contributed by atoms with van der Waals surface area (Å²) >= 11 is 7.95. The van der Waals surface area contributed by atoms with Crippen molar-refractivity contribution < 1.29 is 4.42 Å². The molecule has 2 aromatic rings. The minimum atomic E-state index is 0.129. The predicted octanol–water partition coefficient (Wildman–Crippen LogP) is 4.12. The highest BCUT2D eigenvalue weighted by Crippen LogP contribution is 2.28. The van der Waals surface area contributed by atoms with E-state index in [0.717, 1.165) is 33.4 Å². The molecule has 0 saturated heterocycles. The highest BCUT2D eigenvalue weighted by atomic mass is 35.5. The normalized spacial score (nSPS) is 12.6. The molecule has 0 saturated carbocycles. The minimum Gasteiger partial charge on any atom is -0.468 e. The van der Waals surface area contributed by atoms with Crippen LogP contribution in [0.3, 0.4) is 0 Å². The van der Waals surface area contributed by atoms with Crippen molar-refractivity contribution in [1.29, 1.82) is 0 Å². The molecule has 18 heavy (non-hydrogen) atoms. The van der Waals surface area contributed by atoms with Crippen LogP contribution >= 0.6 is 23.4 Å². The highest BCUT2D eigenvalue weighted by molar-refractivity contribution is 7.98. The first-order chi connectivity index (χ1) is 8.65. The fourth-order valence-corrected chi connectivity index (χ4v) is 2.84. The number of halogens is 1. The second-order valence-corrected chi connectivity index (χ2v) is 5.76. The molecule has 2 nitrogen and oxygen atoms in total. The lowest BCUT2D eigenvalue weighted by atomic mass is 10.1. The van der Waals surface area contributed by atoms with Gasteiger partial charge in [0.2, 0.25) is 0 Å². The third-order valence-electron chi connectivity index (χ3n) is 2.53. The second-order valence-electron chi connectivity index (χ2n) is 4.30. The van der Waals surface area contributed by atoms with Gasteiger partial charge >= 0.3 is 0 Å². The summed E-state index contributed by atoms with van der Waals surface area (Å²) < 4.78 is 5.29. The summed E-state index contributed by atoms with van der Waals surface area (Å²) in [5.41, 5.74) is 6.88. The predicted molar refractivity (Wildman–Crippen MR) is 77.1 cm³/mol. The van der Waals surface area contributed by atoms with E-state index in [2.05, 4.69) is 12.1 Å². The Morgan fingerprint density at radius 2 is 2.22 bits per heavy atom. The molecule has 1 aromatic heterocycles. The maximum Gasteiger partial charge on any atom is 0.113 e. The van der Waals surface area contributed by atoms with Crippen molar-refractivity contribution in [2.24, 2.45) is 5.73 Å². The lowest BCUT2D eigenvalue weighted by molar-refractivity contribution is 0.530. The third kappa shape index (κ3) is 3.80. The molecule has 2 N–H and O–H groups in total. The zero-order valence-corrected chi connectivity index (χ0v) is 11.8. The Labute approximate surface area is 117 Å². The van der Waals surface area contributed by atoms with Crippen LogP contribution in [0.4, 0.5) is 0 Å². The van der Waals surface area contributed by atoms with Gasteiger partial charge in [0.05, 0.1) is 12.0 Å². The summed E-state index contributed by atoms with van der Waals surface area (Å²) in [6.07, 6.45) is 2.50. The first-order valence-corrected chi connectivity index (χ1v) is 7.20. The van der Waals surface area contributed by atoms with Crippen LogP contribution in [0, 0.1) is 0 Å². The summed E-state index contributed by atoms with van der Waals surface area (Å²) in [5.74, 6) is 1.78.